The van der Waals surface area contributed by atoms with Crippen molar-refractivity contribution in [1.82, 2.24) is 0 Å². The molecule has 0 aliphatic carbocycles. The standard InChI is InChI=1S/C20H20N2O3/c23-18(15-5-2-1-3-6-15)12-13-19(24)21-16-8-10-17(11-9-16)22-14-4-7-20(22)25/h1-3,5-6,8-11H,4,7,12-14H2,(H,21,24). The minimum Gasteiger partial charge on any atom is -0.326 e. The highest BCUT2D eigenvalue weighted by Crippen LogP contribution is 2.23. The number of hydrogen-bond acceptors (Lipinski definition) is 3. The predicted octanol–water partition coefficient (Wildman–Crippen LogP) is 3.42. The molecule has 0 spiro atoms. The van der Waals surface area contributed by atoms with Crippen LogP contribution in [0.2, 0.25) is 0 Å². The van der Waals surface area contributed by atoms with E-state index in [4.69, 9.17) is 0 Å². The van der Waals surface area contributed by atoms with E-state index in [0.29, 0.717) is 17.7 Å². The molecule has 1 fully saturated rings. The molecule has 0 aromatic heterocycles. The summed E-state index contributed by atoms with van der Waals surface area (Å²) < 4.78 is 0. The summed E-state index contributed by atoms with van der Waals surface area (Å²) >= 11 is 0. The fourth-order valence-corrected chi connectivity index (χ4v) is 2.86. The summed E-state index contributed by atoms with van der Waals surface area (Å²) in [7, 11) is 0. The van der Waals surface area contributed by atoms with Crippen molar-refractivity contribution in [2.24, 2.45) is 0 Å². The molecule has 1 N–H and O–H groups in total. The van der Waals surface area contributed by atoms with Crippen molar-refractivity contribution in [1.29, 1.82) is 0 Å². The van der Waals surface area contributed by atoms with E-state index < -0.39 is 0 Å². The molecule has 2 amide bonds. The fourth-order valence-electron chi connectivity index (χ4n) is 2.86. The van der Waals surface area contributed by atoms with Crippen LogP contribution in [0.3, 0.4) is 0 Å². The van der Waals surface area contributed by atoms with Crippen molar-refractivity contribution in [2.75, 3.05) is 16.8 Å². The second kappa shape index (κ2) is 7.75. The van der Waals surface area contributed by atoms with Crippen LogP contribution >= 0.6 is 0 Å². The van der Waals surface area contributed by atoms with Gasteiger partial charge < -0.3 is 10.2 Å². The summed E-state index contributed by atoms with van der Waals surface area (Å²) in [6.45, 7) is 0.742. The lowest BCUT2D eigenvalue weighted by Crippen LogP contribution is -2.23. The van der Waals surface area contributed by atoms with Crippen LogP contribution in [0.4, 0.5) is 11.4 Å². The maximum atomic E-state index is 12.0. The molecule has 0 radical (unpaired) electrons. The number of benzene rings is 2. The summed E-state index contributed by atoms with van der Waals surface area (Å²) in [6.07, 6.45) is 1.79. The summed E-state index contributed by atoms with van der Waals surface area (Å²) in [5.74, 6) is -0.107. The Morgan fingerprint density at radius 2 is 1.68 bits per heavy atom. The Morgan fingerprint density at radius 1 is 0.960 bits per heavy atom. The maximum Gasteiger partial charge on any atom is 0.227 e. The molecule has 1 heterocycles. The van der Waals surface area contributed by atoms with Crippen LogP contribution in [-0.2, 0) is 9.59 Å². The van der Waals surface area contributed by atoms with E-state index >= 15 is 0 Å². The highest BCUT2D eigenvalue weighted by atomic mass is 16.2. The van der Waals surface area contributed by atoms with Crippen LogP contribution in [0.25, 0.3) is 0 Å². The number of nitrogens with one attached hydrogen (secondary N) is 1. The lowest BCUT2D eigenvalue weighted by Gasteiger charge is -2.16. The molecule has 0 atom stereocenters. The van der Waals surface area contributed by atoms with Crippen LogP contribution in [0, 0.1) is 0 Å². The predicted molar refractivity (Wildman–Crippen MR) is 96.7 cm³/mol. The van der Waals surface area contributed by atoms with Gasteiger partial charge in [-0.1, -0.05) is 30.3 Å². The molecule has 1 aliphatic rings. The van der Waals surface area contributed by atoms with Gasteiger partial charge in [0.2, 0.25) is 11.8 Å². The first kappa shape index (κ1) is 16.9. The Hall–Kier alpha value is -2.95. The van der Waals surface area contributed by atoms with E-state index in [-0.39, 0.29) is 30.4 Å². The van der Waals surface area contributed by atoms with Gasteiger partial charge in [-0.3, -0.25) is 14.4 Å². The Kier molecular flexibility index (Phi) is 5.23. The molecule has 2 aromatic carbocycles. The van der Waals surface area contributed by atoms with Gasteiger partial charge in [0.15, 0.2) is 5.78 Å². The lowest BCUT2D eigenvalue weighted by molar-refractivity contribution is -0.117. The topological polar surface area (TPSA) is 66.5 Å². The highest BCUT2D eigenvalue weighted by molar-refractivity contribution is 6.00. The van der Waals surface area contributed by atoms with Gasteiger partial charge in [0.1, 0.15) is 0 Å². The first-order valence-corrected chi connectivity index (χ1v) is 8.42. The van der Waals surface area contributed by atoms with Gasteiger partial charge in [0, 0.05) is 42.7 Å². The SMILES string of the molecule is O=C(CCC(=O)c1ccccc1)Nc1ccc(N2CCCC2=O)cc1. The monoisotopic (exact) mass is 336 g/mol. The zero-order chi connectivity index (χ0) is 17.6. The van der Waals surface area contributed by atoms with Crippen molar-refractivity contribution in [2.45, 2.75) is 25.7 Å². The minimum atomic E-state index is -0.200. The van der Waals surface area contributed by atoms with Crippen molar-refractivity contribution in [3.05, 3.63) is 60.2 Å². The largest absolute Gasteiger partial charge is 0.326 e. The Labute approximate surface area is 146 Å². The zero-order valence-corrected chi connectivity index (χ0v) is 13.9. The Balaban J connectivity index is 1.51. The Bertz CT molecular complexity index is 769. The molecular formula is C20H20N2O3. The first-order chi connectivity index (χ1) is 12.1. The second-order valence-corrected chi connectivity index (χ2v) is 6.03. The summed E-state index contributed by atoms with van der Waals surface area (Å²) in [6, 6.07) is 16.2. The molecule has 25 heavy (non-hydrogen) atoms. The molecule has 0 saturated carbocycles. The molecule has 5 heteroatoms. The van der Waals surface area contributed by atoms with Gasteiger partial charge in [0.25, 0.3) is 0 Å². The average Bonchev–Trinajstić information content (AvgIpc) is 3.07. The molecule has 3 rings (SSSR count). The maximum absolute atomic E-state index is 12.0. The number of ketones is 1. The van der Waals surface area contributed by atoms with Crippen LogP contribution in [0.1, 0.15) is 36.0 Å². The molecule has 0 unspecified atom stereocenters. The highest BCUT2D eigenvalue weighted by Gasteiger charge is 2.21. The third-order valence-electron chi connectivity index (χ3n) is 4.21. The van der Waals surface area contributed by atoms with Crippen LogP contribution in [0.5, 0.6) is 0 Å². The van der Waals surface area contributed by atoms with Crippen LogP contribution in [0.15, 0.2) is 54.6 Å². The van der Waals surface area contributed by atoms with Crippen molar-refractivity contribution >= 4 is 29.0 Å². The number of anilines is 2. The van der Waals surface area contributed by atoms with Gasteiger partial charge in [0.05, 0.1) is 0 Å². The second-order valence-electron chi connectivity index (χ2n) is 6.03. The number of hydrogen-bond donors (Lipinski definition) is 1. The van der Waals surface area contributed by atoms with E-state index in [1.165, 1.54) is 0 Å². The third-order valence-corrected chi connectivity index (χ3v) is 4.21. The van der Waals surface area contributed by atoms with E-state index in [9.17, 15) is 14.4 Å². The minimum absolute atomic E-state index is 0.0429. The van der Waals surface area contributed by atoms with Gasteiger partial charge >= 0.3 is 0 Å². The summed E-state index contributed by atoms with van der Waals surface area (Å²) in [5, 5.41) is 2.78. The van der Waals surface area contributed by atoms with E-state index in [1.54, 1.807) is 41.3 Å². The van der Waals surface area contributed by atoms with E-state index in [1.807, 2.05) is 18.2 Å². The number of rotatable bonds is 6. The Morgan fingerprint density at radius 3 is 2.32 bits per heavy atom. The number of nitrogens with zero attached hydrogens (tertiary/aromatic N) is 1. The number of carbonyl (C=O) groups is 3. The van der Waals surface area contributed by atoms with Gasteiger partial charge in [-0.2, -0.15) is 0 Å². The number of carbonyl (C=O) groups excluding carboxylic acids is 3. The van der Waals surface area contributed by atoms with Gasteiger partial charge in [-0.15, -0.1) is 0 Å². The summed E-state index contributed by atoms with van der Waals surface area (Å²) in [4.78, 5) is 37.5. The number of Topliss-reactive ketones (excluding diaryl/α,β-unsaturated/α-hetero) is 1. The molecule has 128 valence electrons. The lowest BCUT2D eigenvalue weighted by atomic mass is 10.1. The van der Waals surface area contributed by atoms with Crippen LogP contribution in [-0.4, -0.2) is 24.1 Å². The van der Waals surface area contributed by atoms with Crippen molar-refractivity contribution in [3.8, 4) is 0 Å². The first-order valence-electron chi connectivity index (χ1n) is 8.42. The molecule has 1 aliphatic heterocycles. The normalized spacial score (nSPS) is 13.8. The van der Waals surface area contributed by atoms with E-state index in [2.05, 4.69) is 5.32 Å². The third kappa shape index (κ3) is 4.32. The van der Waals surface area contributed by atoms with Gasteiger partial charge in [-0.05, 0) is 30.7 Å². The van der Waals surface area contributed by atoms with E-state index in [0.717, 1.165) is 18.7 Å². The fraction of sp³-hybridized carbons (Fsp3) is 0.250. The van der Waals surface area contributed by atoms with Gasteiger partial charge in [-0.25, -0.2) is 0 Å². The molecule has 0 bridgehead atoms. The summed E-state index contributed by atoms with van der Waals surface area (Å²) in [5.41, 5.74) is 2.13. The molecular weight excluding hydrogens is 316 g/mol. The quantitative estimate of drug-likeness (QED) is 0.822. The van der Waals surface area contributed by atoms with Crippen molar-refractivity contribution in [3.63, 3.8) is 0 Å². The zero-order valence-electron chi connectivity index (χ0n) is 13.9. The molecule has 2 aromatic rings. The van der Waals surface area contributed by atoms with Crippen LogP contribution < -0.4 is 10.2 Å². The molecule has 1 saturated heterocycles. The van der Waals surface area contributed by atoms with Crippen molar-refractivity contribution < 1.29 is 14.4 Å². The smallest absolute Gasteiger partial charge is 0.227 e. The average molecular weight is 336 g/mol. The molecule has 5 nitrogen and oxygen atoms in total. The number of amides is 2.